The van der Waals surface area contributed by atoms with Gasteiger partial charge in [-0.15, -0.1) is 0 Å². The first-order chi connectivity index (χ1) is 8.21. The Kier molecular flexibility index (Phi) is 6.65. The minimum Gasteiger partial charge on any atom is -0.354 e. The molecule has 0 radical (unpaired) electrons. The molecule has 1 unspecified atom stereocenters. The van der Waals surface area contributed by atoms with E-state index in [1.807, 2.05) is 12.1 Å². The van der Waals surface area contributed by atoms with Crippen LogP contribution in [0, 0.1) is 0 Å². The topological polar surface area (TPSA) is 43.4 Å². The van der Waals surface area contributed by atoms with Crippen LogP contribution in [0.25, 0.3) is 0 Å². The van der Waals surface area contributed by atoms with E-state index in [4.69, 9.17) is 9.47 Å². The minimum atomic E-state index is -0.264. The fourth-order valence-corrected chi connectivity index (χ4v) is 1.94. The van der Waals surface area contributed by atoms with Gasteiger partial charge >= 0.3 is 0 Å². The van der Waals surface area contributed by atoms with E-state index in [2.05, 4.69) is 33.2 Å². The lowest BCUT2D eigenvalue weighted by molar-refractivity contribution is -0.122. The normalized spacial score (nSPS) is 13.0. The maximum absolute atomic E-state index is 5.29. The summed E-state index contributed by atoms with van der Waals surface area (Å²) in [5, 5.41) is 3.35. The second kappa shape index (κ2) is 7.76. The van der Waals surface area contributed by atoms with E-state index in [-0.39, 0.29) is 12.3 Å². The summed E-state index contributed by atoms with van der Waals surface area (Å²) in [6, 6.07) is 4.08. The van der Waals surface area contributed by atoms with Gasteiger partial charge in [0.1, 0.15) is 0 Å². The number of hydrogen-bond donors (Lipinski definition) is 1. The summed E-state index contributed by atoms with van der Waals surface area (Å²) in [6.07, 6.45) is 2.31. The molecule has 0 saturated carbocycles. The molecule has 1 aromatic rings. The average molecular weight is 303 g/mol. The molecule has 1 N–H and O–H groups in total. The van der Waals surface area contributed by atoms with Crippen LogP contribution in [0.5, 0.6) is 0 Å². The second-order valence-electron chi connectivity index (χ2n) is 3.68. The SMILES string of the molecule is CCNC(Cc1ccc(Br)cn1)C(OC)OC. The number of aromatic nitrogens is 1. The molecule has 0 saturated heterocycles. The predicted octanol–water partition coefficient (Wildman–Crippen LogP) is 1.98. The van der Waals surface area contributed by atoms with Gasteiger partial charge in [0, 0.05) is 37.0 Å². The summed E-state index contributed by atoms with van der Waals surface area (Å²) in [5.41, 5.74) is 1.01. The quantitative estimate of drug-likeness (QED) is 0.782. The number of nitrogens with zero attached hydrogens (tertiary/aromatic N) is 1. The van der Waals surface area contributed by atoms with Crippen molar-refractivity contribution >= 4 is 15.9 Å². The molecule has 4 nitrogen and oxygen atoms in total. The van der Waals surface area contributed by atoms with Crippen molar-refractivity contribution in [2.75, 3.05) is 20.8 Å². The predicted molar refractivity (Wildman–Crippen MR) is 70.9 cm³/mol. The van der Waals surface area contributed by atoms with E-state index >= 15 is 0 Å². The van der Waals surface area contributed by atoms with Crippen LogP contribution in [0.1, 0.15) is 12.6 Å². The third-order valence-electron chi connectivity index (χ3n) is 2.48. The Morgan fingerprint density at radius 2 is 2.06 bits per heavy atom. The summed E-state index contributed by atoms with van der Waals surface area (Å²) in [6.45, 7) is 2.93. The number of halogens is 1. The molecule has 1 heterocycles. The maximum atomic E-state index is 5.29. The summed E-state index contributed by atoms with van der Waals surface area (Å²) < 4.78 is 11.6. The highest BCUT2D eigenvalue weighted by molar-refractivity contribution is 9.10. The summed E-state index contributed by atoms with van der Waals surface area (Å²) >= 11 is 3.37. The second-order valence-corrected chi connectivity index (χ2v) is 4.59. The van der Waals surface area contributed by atoms with Crippen molar-refractivity contribution < 1.29 is 9.47 Å². The monoisotopic (exact) mass is 302 g/mol. The molecule has 0 aliphatic rings. The molecule has 1 rings (SSSR count). The maximum Gasteiger partial charge on any atom is 0.172 e. The summed E-state index contributed by atoms with van der Waals surface area (Å²) in [5.74, 6) is 0. The van der Waals surface area contributed by atoms with Crippen LogP contribution in [-0.4, -0.2) is 38.1 Å². The zero-order valence-electron chi connectivity index (χ0n) is 10.4. The van der Waals surface area contributed by atoms with Gasteiger partial charge in [-0.25, -0.2) is 0 Å². The van der Waals surface area contributed by atoms with E-state index in [1.165, 1.54) is 0 Å². The van der Waals surface area contributed by atoms with E-state index in [0.29, 0.717) is 0 Å². The van der Waals surface area contributed by atoms with Gasteiger partial charge in [0.05, 0.1) is 6.04 Å². The smallest absolute Gasteiger partial charge is 0.172 e. The molecule has 0 spiro atoms. The van der Waals surface area contributed by atoms with Crippen LogP contribution in [0.2, 0.25) is 0 Å². The Labute approximate surface area is 111 Å². The molecule has 0 fully saturated rings. The van der Waals surface area contributed by atoms with Gasteiger partial charge in [-0.05, 0) is 34.6 Å². The molecular formula is C12H19BrN2O2. The Morgan fingerprint density at radius 3 is 2.53 bits per heavy atom. The average Bonchev–Trinajstić information content (AvgIpc) is 2.34. The van der Waals surface area contributed by atoms with Crippen LogP contribution >= 0.6 is 15.9 Å². The standard InChI is InChI=1S/C12H19BrN2O2/c1-4-14-11(12(16-2)17-3)7-10-6-5-9(13)8-15-10/h5-6,8,11-12,14H,4,7H2,1-3H3. The van der Waals surface area contributed by atoms with Gasteiger partial charge in [0.25, 0.3) is 0 Å². The third-order valence-corrected chi connectivity index (χ3v) is 2.95. The number of hydrogen-bond acceptors (Lipinski definition) is 4. The van der Waals surface area contributed by atoms with Gasteiger partial charge in [-0.3, -0.25) is 4.98 Å². The van der Waals surface area contributed by atoms with Crippen molar-refractivity contribution in [2.45, 2.75) is 25.7 Å². The number of likely N-dealkylation sites (N-methyl/N-ethyl adjacent to an activating group) is 1. The zero-order chi connectivity index (χ0) is 12.7. The largest absolute Gasteiger partial charge is 0.354 e. The van der Waals surface area contributed by atoms with Gasteiger partial charge in [0.15, 0.2) is 6.29 Å². The number of ether oxygens (including phenoxy) is 2. The fourth-order valence-electron chi connectivity index (χ4n) is 1.70. The number of rotatable bonds is 7. The van der Waals surface area contributed by atoms with Crippen LogP contribution < -0.4 is 5.32 Å². The molecular weight excluding hydrogens is 284 g/mol. The molecule has 0 aliphatic carbocycles. The Bertz CT molecular complexity index is 315. The molecule has 17 heavy (non-hydrogen) atoms. The van der Waals surface area contributed by atoms with Gasteiger partial charge in [-0.1, -0.05) is 6.92 Å². The number of pyridine rings is 1. The molecule has 0 aliphatic heterocycles. The van der Waals surface area contributed by atoms with E-state index < -0.39 is 0 Å². The summed E-state index contributed by atoms with van der Waals surface area (Å²) in [4.78, 5) is 4.35. The lowest BCUT2D eigenvalue weighted by Gasteiger charge is -2.25. The van der Waals surface area contributed by atoms with Crippen LogP contribution in [0.4, 0.5) is 0 Å². The number of methoxy groups -OCH3 is 2. The molecule has 1 aromatic heterocycles. The van der Waals surface area contributed by atoms with Crippen molar-refractivity contribution in [3.05, 3.63) is 28.5 Å². The fraction of sp³-hybridized carbons (Fsp3) is 0.583. The van der Waals surface area contributed by atoms with Gasteiger partial charge in [-0.2, -0.15) is 0 Å². The highest BCUT2D eigenvalue weighted by Gasteiger charge is 2.20. The lowest BCUT2D eigenvalue weighted by atomic mass is 10.1. The van der Waals surface area contributed by atoms with Crippen molar-refractivity contribution in [2.24, 2.45) is 0 Å². The first kappa shape index (κ1) is 14.6. The molecule has 1 atom stereocenters. The van der Waals surface area contributed by atoms with Crippen LogP contribution in [0.3, 0.4) is 0 Å². The van der Waals surface area contributed by atoms with E-state index in [0.717, 1.165) is 23.1 Å². The first-order valence-corrected chi connectivity index (χ1v) is 6.40. The Hall–Kier alpha value is -0.490. The zero-order valence-corrected chi connectivity index (χ0v) is 12.0. The highest BCUT2D eigenvalue weighted by atomic mass is 79.9. The number of nitrogens with one attached hydrogen (secondary N) is 1. The first-order valence-electron chi connectivity index (χ1n) is 5.60. The van der Waals surface area contributed by atoms with Crippen molar-refractivity contribution in [1.29, 1.82) is 0 Å². The Morgan fingerprint density at radius 1 is 1.35 bits per heavy atom. The van der Waals surface area contributed by atoms with Crippen molar-refractivity contribution in [3.8, 4) is 0 Å². The summed E-state index contributed by atoms with van der Waals surface area (Å²) in [7, 11) is 3.29. The van der Waals surface area contributed by atoms with E-state index in [1.54, 1.807) is 20.4 Å². The third kappa shape index (κ3) is 4.71. The van der Waals surface area contributed by atoms with Gasteiger partial charge in [0.2, 0.25) is 0 Å². The molecule has 0 bridgehead atoms. The molecule has 96 valence electrons. The minimum absolute atomic E-state index is 0.101. The molecule has 0 amide bonds. The van der Waals surface area contributed by atoms with Gasteiger partial charge < -0.3 is 14.8 Å². The van der Waals surface area contributed by atoms with Crippen LogP contribution in [0.15, 0.2) is 22.8 Å². The van der Waals surface area contributed by atoms with Crippen molar-refractivity contribution in [3.63, 3.8) is 0 Å². The Balaban J connectivity index is 2.68. The van der Waals surface area contributed by atoms with Crippen LogP contribution in [-0.2, 0) is 15.9 Å². The lowest BCUT2D eigenvalue weighted by Crippen LogP contribution is -2.43. The van der Waals surface area contributed by atoms with E-state index in [9.17, 15) is 0 Å². The molecule has 0 aromatic carbocycles. The highest BCUT2D eigenvalue weighted by Crippen LogP contribution is 2.11. The molecule has 5 heteroatoms. The van der Waals surface area contributed by atoms with Crippen molar-refractivity contribution in [1.82, 2.24) is 10.3 Å².